The average Bonchev–Trinajstić information content (AvgIpc) is 2.35. The summed E-state index contributed by atoms with van der Waals surface area (Å²) < 4.78 is 0. The number of piperidine rings is 1. The van der Waals surface area contributed by atoms with E-state index in [4.69, 9.17) is 0 Å². The predicted molar refractivity (Wildman–Crippen MR) is 82.8 cm³/mol. The Balaban J connectivity index is 0.00000324. The molecule has 1 heterocycles. The van der Waals surface area contributed by atoms with Gasteiger partial charge in [-0.05, 0) is 57.8 Å². The summed E-state index contributed by atoms with van der Waals surface area (Å²) in [7, 11) is 1.80. The summed E-state index contributed by atoms with van der Waals surface area (Å²) in [4.78, 5) is 13.9. The van der Waals surface area contributed by atoms with Gasteiger partial charge in [0.25, 0.3) is 0 Å². The Kier molecular flexibility index (Phi) is 10.3. The zero-order valence-corrected chi connectivity index (χ0v) is 13.4. The number of nitrogens with zero attached hydrogens (tertiary/aromatic N) is 1. The van der Waals surface area contributed by atoms with Crippen LogP contribution in [0.3, 0.4) is 0 Å². The summed E-state index contributed by atoms with van der Waals surface area (Å²) in [5.41, 5.74) is 0. The van der Waals surface area contributed by atoms with Crippen LogP contribution in [0.4, 0.5) is 0 Å². The molecule has 1 aliphatic rings. The van der Waals surface area contributed by atoms with Crippen molar-refractivity contribution < 1.29 is 4.79 Å². The molecular formula is C14H30ClN3O. The Morgan fingerprint density at radius 2 is 1.95 bits per heavy atom. The lowest BCUT2D eigenvalue weighted by atomic mass is 9.96. The topological polar surface area (TPSA) is 44.4 Å². The number of hydrogen-bond acceptors (Lipinski definition) is 3. The van der Waals surface area contributed by atoms with Gasteiger partial charge in [0.2, 0.25) is 5.91 Å². The van der Waals surface area contributed by atoms with Gasteiger partial charge in [-0.2, -0.15) is 0 Å². The summed E-state index contributed by atoms with van der Waals surface area (Å²) in [6, 6.07) is 0. The van der Waals surface area contributed by atoms with Crippen molar-refractivity contribution >= 4 is 18.3 Å². The monoisotopic (exact) mass is 291 g/mol. The fraction of sp³-hybridized carbons (Fsp3) is 0.929. The molecule has 0 saturated carbocycles. The Morgan fingerprint density at radius 3 is 2.47 bits per heavy atom. The first-order valence-corrected chi connectivity index (χ1v) is 7.25. The first kappa shape index (κ1) is 18.7. The lowest BCUT2D eigenvalue weighted by Gasteiger charge is -2.32. The second-order valence-corrected chi connectivity index (χ2v) is 5.80. The molecule has 114 valence electrons. The van der Waals surface area contributed by atoms with Gasteiger partial charge in [0.05, 0.1) is 6.54 Å². The Bertz CT molecular complexity index is 241. The molecule has 4 nitrogen and oxygen atoms in total. The summed E-state index contributed by atoms with van der Waals surface area (Å²) in [6.45, 7) is 9.45. The smallest absolute Gasteiger partial charge is 0.233 e. The molecule has 1 aliphatic heterocycles. The van der Waals surface area contributed by atoms with Gasteiger partial charge >= 0.3 is 0 Å². The highest BCUT2D eigenvalue weighted by Crippen LogP contribution is 2.17. The summed E-state index contributed by atoms with van der Waals surface area (Å²) in [5.74, 6) is 1.57. The van der Waals surface area contributed by atoms with Crippen molar-refractivity contribution in [2.75, 3.05) is 39.8 Å². The lowest BCUT2D eigenvalue weighted by molar-refractivity contribution is -0.120. The van der Waals surface area contributed by atoms with Crippen molar-refractivity contribution in [3.63, 3.8) is 0 Å². The number of halogens is 1. The molecule has 1 rings (SSSR count). The summed E-state index contributed by atoms with van der Waals surface area (Å²) in [6.07, 6.45) is 3.74. The zero-order chi connectivity index (χ0) is 13.4. The van der Waals surface area contributed by atoms with E-state index in [1.807, 2.05) is 0 Å². The molecule has 5 heteroatoms. The second kappa shape index (κ2) is 10.5. The quantitative estimate of drug-likeness (QED) is 0.747. The molecule has 0 atom stereocenters. The zero-order valence-electron chi connectivity index (χ0n) is 12.6. The van der Waals surface area contributed by atoms with Gasteiger partial charge in [-0.3, -0.25) is 4.79 Å². The SMILES string of the molecule is CNCC(=O)NCC1CCN(CCC(C)C)CC1.Cl. The number of carbonyl (C=O) groups excluding carboxylic acids is 1. The van der Waals surface area contributed by atoms with E-state index in [2.05, 4.69) is 29.4 Å². The number of nitrogens with one attached hydrogen (secondary N) is 2. The van der Waals surface area contributed by atoms with Crippen molar-refractivity contribution in [1.29, 1.82) is 0 Å². The average molecular weight is 292 g/mol. The third-order valence-electron chi connectivity index (χ3n) is 3.66. The van der Waals surface area contributed by atoms with Gasteiger partial charge in [0.15, 0.2) is 0 Å². The minimum absolute atomic E-state index is 0. The molecule has 0 bridgehead atoms. The van der Waals surface area contributed by atoms with E-state index in [0.29, 0.717) is 12.5 Å². The standard InChI is InChI=1S/C14H29N3O.ClH/c1-12(2)4-7-17-8-5-13(6-9-17)10-16-14(18)11-15-3;/h12-13,15H,4-11H2,1-3H3,(H,16,18);1H. The molecule has 0 unspecified atom stereocenters. The van der Waals surface area contributed by atoms with Crippen LogP contribution >= 0.6 is 12.4 Å². The molecule has 0 aliphatic carbocycles. The van der Waals surface area contributed by atoms with Crippen molar-refractivity contribution in [2.45, 2.75) is 33.1 Å². The molecule has 2 N–H and O–H groups in total. The fourth-order valence-electron chi connectivity index (χ4n) is 2.34. The molecule has 0 aromatic rings. The minimum atomic E-state index is 0. The van der Waals surface area contributed by atoms with Crippen molar-refractivity contribution in [3.8, 4) is 0 Å². The van der Waals surface area contributed by atoms with Crippen LogP contribution in [-0.2, 0) is 4.79 Å². The number of carbonyl (C=O) groups is 1. The third-order valence-corrected chi connectivity index (χ3v) is 3.66. The van der Waals surface area contributed by atoms with Crippen LogP contribution in [0.15, 0.2) is 0 Å². The first-order chi connectivity index (χ1) is 8.61. The molecule has 0 aromatic carbocycles. The maximum Gasteiger partial charge on any atom is 0.233 e. The maximum absolute atomic E-state index is 11.3. The highest BCUT2D eigenvalue weighted by Gasteiger charge is 2.19. The van der Waals surface area contributed by atoms with E-state index in [1.54, 1.807) is 7.05 Å². The van der Waals surface area contributed by atoms with E-state index < -0.39 is 0 Å². The van der Waals surface area contributed by atoms with Crippen LogP contribution < -0.4 is 10.6 Å². The molecule has 0 radical (unpaired) electrons. The van der Waals surface area contributed by atoms with Crippen LogP contribution in [-0.4, -0.2) is 50.6 Å². The summed E-state index contributed by atoms with van der Waals surface area (Å²) in [5, 5.41) is 5.87. The van der Waals surface area contributed by atoms with Gasteiger partial charge in [-0.15, -0.1) is 12.4 Å². The van der Waals surface area contributed by atoms with Crippen molar-refractivity contribution in [3.05, 3.63) is 0 Å². The molecule has 19 heavy (non-hydrogen) atoms. The fourth-order valence-corrected chi connectivity index (χ4v) is 2.34. The van der Waals surface area contributed by atoms with Crippen LogP contribution in [0.2, 0.25) is 0 Å². The van der Waals surface area contributed by atoms with Crippen LogP contribution in [0.5, 0.6) is 0 Å². The highest BCUT2D eigenvalue weighted by atomic mass is 35.5. The molecule has 0 spiro atoms. The normalized spacial score (nSPS) is 17.3. The molecule has 0 aromatic heterocycles. The Labute approximate surface area is 124 Å². The Hall–Kier alpha value is -0.320. The van der Waals surface area contributed by atoms with Crippen LogP contribution in [0.1, 0.15) is 33.1 Å². The van der Waals surface area contributed by atoms with Gasteiger partial charge in [0, 0.05) is 6.54 Å². The van der Waals surface area contributed by atoms with E-state index in [1.165, 1.54) is 38.9 Å². The van der Waals surface area contributed by atoms with Crippen molar-refractivity contribution in [2.24, 2.45) is 11.8 Å². The number of likely N-dealkylation sites (N-methyl/N-ethyl adjacent to an activating group) is 1. The summed E-state index contributed by atoms with van der Waals surface area (Å²) >= 11 is 0. The molecule has 1 fully saturated rings. The van der Waals surface area contributed by atoms with E-state index in [0.717, 1.165) is 12.5 Å². The van der Waals surface area contributed by atoms with Crippen LogP contribution in [0, 0.1) is 11.8 Å². The highest BCUT2D eigenvalue weighted by molar-refractivity contribution is 5.85. The Morgan fingerprint density at radius 1 is 1.32 bits per heavy atom. The number of amides is 1. The molecular weight excluding hydrogens is 262 g/mol. The van der Waals surface area contributed by atoms with Gasteiger partial charge < -0.3 is 15.5 Å². The van der Waals surface area contributed by atoms with E-state index in [9.17, 15) is 4.79 Å². The van der Waals surface area contributed by atoms with Gasteiger partial charge in [-0.1, -0.05) is 13.8 Å². The maximum atomic E-state index is 11.3. The number of likely N-dealkylation sites (tertiary alicyclic amines) is 1. The second-order valence-electron chi connectivity index (χ2n) is 5.80. The third kappa shape index (κ3) is 8.45. The number of rotatable bonds is 7. The van der Waals surface area contributed by atoms with Crippen LogP contribution in [0.25, 0.3) is 0 Å². The number of hydrogen-bond donors (Lipinski definition) is 2. The lowest BCUT2D eigenvalue weighted by Crippen LogP contribution is -2.40. The van der Waals surface area contributed by atoms with E-state index >= 15 is 0 Å². The molecule has 1 amide bonds. The van der Waals surface area contributed by atoms with Gasteiger partial charge in [0.1, 0.15) is 0 Å². The van der Waals surface area contributed by atoms with Crippen molar-refractivity contribution in [1.82, 2.24) is 15.5 Å². The first-order valence-electron chi connectivity index (χ1n) is 7.25. The van der Waals surface area contributed by atoms with E-state index in [-0.39, 0.29) is 18.3 Å². The predicted octanol–water partition coefficient (Wildman–Crippen LogP) is 1.50. The van der Waals surface area contributed by atoms with Gasteiger partial charge in [-0.25, -0.2) is 0 Å². The molecule has 1 saturated heterocycles. The largest absolute Gasteiger partial charge is 0.355 e. The minimum Gasteiger partial charge on any atom is -0.355 e.